The Morgan fingerprint density at radius 2 is 1.72 bits per heavy atom. The molecule has 2 amide bonds. The van der Waals surface area contributed by atoms with Gasteiger partial charge < -0.3 is 10.2 Å². The Labute approximate surface area is 150 Å². The van der Waals surface area contributed by atoms with Crippen molar-refractivity contribution in [3.63, 3.8) is 0 Å². The fourth-order valence-electron chi connectivity index (χ4n) is 4.16. The maximum Gasteiger partial charge on any atom is 0.225 e. The quantitative estimate of drug-likeness (QED) is 0.894. The fraction of sp³-hybridized carbons (Fsp3) is 0.619. The van der Waals surface area contributed by atoms with E-state index in [1.165, 1.54) is 24.8 Å². The molecule has 0 aromatic heterocycles. The second kappa shape index (κ2) is 7.19. The molecule has 3 aliphatic rings. The van der Waals surface area contributed by atoms with Gasteiger partial charge in [-0.2, -0.15) is 0 Å². The zero-order valence-corrected chi connectivity index (χ0v) is 14.8. The highest BCUT2D eigenvalue weighted by Crippen LogP contribution is 2.38. The summed E-state index contributed by atoms with van der Waals surface area (Å²) in [4.78, 5) is 27.2. The van der Waals surface area contributed by atoms with Gasteiger partial charge in [0.25, 0.3) is 0 Å². The van der Waals surface area contributed by atoms with Gasteiger partial charge in [0.05, 0.1) is 12.0 Å². The highest BCUT2D eigenvalue weighted by atomic mass is 16.2. The van der Waals surface area contributed by atoms with Gasteiger partial charge in [0.1, 0.15) is 0 Å². The summed E-state index contributed by atoms with van der Waals surface area (Å²) in [6, 6.07) is 10.5. The number of hydrogen-bond donors (Lipinski definition) is 1. The Balaban J connectivity index is 1.41. The fourth-order valence-corrected chi connectivity index (χ4v) is 4.16. The van der Waals surface area contributed by atoms with Crippen LogP contribution in [0.3, 0.4) is 0 Å². The third kappa shape index (κ3) is 3.73. The van der Waals surface area contributed by atoms with E-state index in [1.54, 1.807) is 0 Å². The molecule has 1 saturated heterocycles. The lowest BCUT2D eigenvalue weighted by atomic mass is 9.77. The first kappa shape index (κ1) is 16.6. The highest BCUT2D eigenvalue weighted by molar-refractivity contribution is 5.83. The molecule has 25 heavy (non-hydrogen) atoms. The Hall–Kier alpha value is -1.84. The topological polar surface area (TPSA) is 49.4 Å². The van der Waals surface area contributed by atoms with E-state index in [-0.39, 0.29) is 29.7 Å². The van der Waals surface area contributed by atoms with Crippen molar-refractivity contribution >= 4 is 11.8 Å². The van der Waals surface area contributed by atoms with Crippen molar-refractivity contribution in [2.75, 3.05) is 13.1 Å². The second-order valence-electron chi connectivity index (χ2n) is 7.99. The van der Waals surface area contributed by atoms with E-state index in [1.807, 2.05) is 23.1 Å². The Morgan fingerprint density at radius 1 is 0.960 bits per heavy atom. The zero-order chi connectivity index (χ0) is 17.2. The minimum Gasteiger partial charge on any atom is -0.349 e. The van der Waals surface area contributed by atoms with Crippen molar-refractivity contribution in [2.24, 2.45) is 17.8 Å². The van der Waals surface area contributed by atoms with Gasteiger partial charge in [0.15, 0.2) is 0 Å². The average Bonchev–Trinajstić information content (AvgIpc) is 3.45. The van der Waals surface area contributed by atoms with Crippen LogP contribution in [0.25, 0.3) is 0 Å². The van der Waals surface area contributed by atoms with Crippen molar-refractivity contribution in [3.8, 4) is 0 Å². The Morgan fingerprint density at radius 3 is 2.36 bits per heavy atom. The van der Waals surface area contributed by atoms with Crippen LogP contribution in [0.2, 0.25) is 0 Å². The molecule has 0 spiro atoms. The van der Waals surface area contributed by atoms with Crippen molar-refractivity contribution in [3.05, 3.63) is 35.9 Å². The number of carbonyl (C=O) groups is 2. The number of likely N-dealkylation sites (tertiary alicyclic amines) is 1. The first-order valence-corrected chi connectivity index (χ1v) is 9.86. The molecule has 1 aromatic carbocycles. The van der Waals surface area contributed by atoms with Gasteiger partial charge in [0.2, 0.25) is 11.8 Å². The third-order valence-electron chi connectivity index (χ3n) is 6.11. The van der Waals surface area contributed by atoms with Crippen LogP contribution in [0.15, 0.2) is 30.3 Å². The minimum absolute atomic E-state index is 0.0530. The van der Waals surface area contributed by atoms with Gasteiger partial charge in [-0.15, -0.1) is 0 Å². The van der Waals surface area contributed by atoms with Crippen LogP contribution in [-0.2, 0) is 9.59 Å². The van der Waals surface area contributed by atoms with Crippen molar-refractivity contribution in [2.45, 2.75) is 51.0 Å². The lowest BCUT2D eigenvalue weighted by Gasteiger charge is -2.37. The van der Waals surface area contributed by atoms with E-state index in [0.29, 0.717) is 12.5 Å². The lowest BCUT2D eigenvalue weighted by molar-refractivity contribution is -0.137. The predicted molar refractivity (Wildman–Crippen MR) is 96.7 cm³/mol. The Kier molecular flexibility index (Phi) is 4.78. The highest BCUT2D eigenvalue weighted by Gasteiger charge is 2.38. The van der Waals surface area contributed by atoms with Crippen LogP contribution in [0.5, 0.6) is 0 Å². The SMILES string of the molecule is O=C(N[C@@H](c1ccccc1)C1CCC1)[C@H]1CCCN(C(=O)C2CC2)C1. The smallest absolute Gasteiger partial charge is 0.225 e. The van der Waals surface area contributed by atoms with E-state index in [4.69, 9.17) is 0 Å². The molecule has 3 fully saturated rings. The van der Waals surface area contributed by atoms with Crippen LogP contribution in [-0.4, -0.2) is 29.8 Å². The van der Waals surface area contributed by atoms with Crippen LogP contribution < -0.4 is 5.32 Å². The molecule has 1 heterocycles. The molecule has 0 radical (unpaired) electrons. The molecule has 1 N–H and O–H groups in total. The molecule has 4 nitrogen and oxygen atoms in total. The maximum absolute atomic E-state index is 12.9. The van der Waals surface area contributed by atoms with E-state index in [0.717, 1.165) is 32.2 Å². The minimum atomic E-state index is -0.0530. The lowest BCUT2D eigenvalue weighted by Crippen LogP contribution is -2.47. The summed E-state index contributed by atoms with van der Waals surface area (Å²) < 4.78 is 0. The summed E-state index contributed by atoms with van der Waals surface area (Å²) in [5.74, 6) is 1.15. The summed E-state index contributed by atoms with van der Waals surface area (Å²) in [7, 11) is 0. The van der Waals surface area contributed by atoms with Gasteiger partial charge in [-0.3, -0.25) is 9.59 Å². The predicted octanol–water partition coefficient (Wildman–Crippen LogP) is 3.29. The zero-order valence-electron chi connectivity index (χ0n) is 14.8. The van der Waals surface area contributed by atoms with Crippen LogP contribution in [0.4, 0.5) is 0 Å². The molecule has 1 aliphatic heterocycles. The molecule has 0 bridgehead atoms. The molecule has 2 aliphatic carbocycles. The molecular weight excluding hydrogens is 312 g/mol. The summed E-state index contributed by atoms with van der Waals surface area (Å²) in [5, 5.41) is 3.33. The van der Waals surface area contributed by atoms with Crippen LogP contribution >= 0.6 is 0 Å². The number of nitrogens with one attached hydrogen (secondary N) is 1. The molecule has 2 atom stereocenters. The van der Waals surface area contributed by atoms with E-state index in [2.05, 4.69) is 17.4 Å². The number of nitrogens with zero attached hydrogens (tertiary/aromatic N) is 1. The normalized spacial score (nSPS) is 25.1. The monoisotopic (exact) mass is 340 g/mol. The largest absolute Gasteiger partial charge is 0.349 e. The number of rotatable bonds is 5. The molecule has 134 valence electrons. The standard InChI is InChI=1S/C21H28N2O2/c24-20(18-10-5-13-23(14-18)21(25)17-11-12-17)22-19(16-8-4-9-16)15-6-2-1-3-7-15/h1-3,6-7,16-19H,4-5,8-14H2,(H,22,24)/t18-,19-/m0/s1. The summed E-state index contributed by atoms with van der Waals surface area (Å²) in [6.07, 6.45) is 7.54. The number of hydrogen-bond acceptors (Lipinski definition) is 2. The number of piperidine rings is 1. The number of benzene rings is 1. The summed E-state index contributed by atoms with van der Waals surface area (Å²) >= 11 is 0. The Bertz CT molecular complexity index is 622. The van der Waals surface area contributed by atoms with Gasteiger partial charge in [-0.05, 0) is 50.0 Å². The maximum atomic E-state index is 12.9. The van der Waals surface area contributed by atoms with Gasteiger partial charge in [-0.1, -0.05) is 36.8 Å². The summed E-state index contributed by atoms with van der Waals surface area (Å²) in [6.45, 7) is 1.43. The molecule has 0 unspecified atom stereocenters. The van der Waals surface area contributed by atoms with Crippen molar-refractivity contribution < 1.29 is 9.59 Å². The molecule has 2 saturated carbocycles. The molecular formula is C21H28N2O2. The number of carbonyl (C=O) groups excluding carboxylic acids is 2. The van der Waals surface area contributed by atoms with Gasteiger partial charge in [0, 0.05) is 19.0 Å². The average molecular weight is 340 g/mol. The van der Waals surface area contributed by atoms with Crippen molar-refractivity contribution in [1.82, 2.24) is 10.2 Å². The number of amides is 2. The van der Waals surface area contributed by atoms with E-state index >= 15 is 0 Å². The van der Waals surface area contributed by atoms with Crippen molar-refractivity contribution in [1.29, 1.82) is 0 Å². The van der Waals surface area contributed by atoms with Gasteiger partial charge in [-0.25, -0.2) is 0 Å². The van der Waals surface area contributed by atoms with Crippen LogP contribution in [0, 0.1) is 17.8 Å². The first-order chi connectivity index (χ1) is 12.2. The molecule has 4 rings (SSSR count). The van der Waals surface area contributed by atoms with Crippen LogP contribution in [0.1, 0.15) is 56.6 Å². The van der Waals surface area contributed by atoms with E-state index < -0.39 is 0 Å². The van der Waals surface area contributed by atoms with E-state index in [9.17, 15) is 9.59 Å². The molecule has 1 aromatic rings. The summed E-state index contributed by atoms with van der Waals surface area (Å²) in [5.41, 5.74) is 1.21. The third-order valence-corrected chi connectivity index (χ3v) is 6.11. The molecule has 4 heteroatoms. The first-order valence-electron chi connectivity index (χ1n) is 9.86. The van der Waals surface area contributed by atoms with Gasteiger partial charge >= 0.3 is 0 Å². The second-order valence-corrected chi connectivity index (χ2v) is 7.99.